The van der Waals surface area contributed by atoms with Crippen molar-refractivity contribution < 1.29 is 14.4 Å². The number of urea groups is 1. The van der Waals surface area contributed by atoms with E-state index in [0.29, 0.717) is 33.4 Å². The molecule has 2 aromatic heterocycles. The van der Waals surface area contributed by atoms with Gasteiger partial charge in [0, 0.05) is 24.8 Å². The molecule has 1 aliphatic carbocycles. The van der Waals surface area contributed by atoms with Gasteiger partial charge in [0.1, 0.15) is 15.5 Å². The summed E-state index contributed by atoms with van der Waals surface area (Å²) in [6.07, 6.45) is 11.0. The van der Waals surface area contributed by atoms with Crippen molar-refractivity contribution in [3.63, 3.8) is 0 Å². The summed E-state index contributed by atoms with van der Waals surface area (Å²) in [6.45, 7) is 7.67. The highest BCUT2D eigenvalue weighted by Gasteiger charge is 2.35. The molecule has 2 unspecified atom stereocenters. The molecule has 2 atom stereocenters. The molecule has 3 aliphatic rings. The summed E-state index contributed by atoms with van der Waals surface area (Å²) in [7, 11) is 0. The summed E-state index contributed by atoms with van der Waals surface area (Å²) in [5, 5.41) is 12.7. The maximum Gasteiger partial charge on any atom is 0.332 e. The first-order valence-corrected chi connectivity index (χ1v) is 12.6. The summed E-state index contributed by atoms with van der Waals surface area (Å²) >= 11 is 4.91. The normalized spacial score (nSPS) is 20.1. The standard InChI is InChI=1S/C22H22N6O3S.CH4BS/c1-2-16(29)25-12-6-5-7-13(12)26-20(30)19-18-17-14(9-11-24-21(17)32-19)28(22(31)27-18)15-8-3-4-10-23-15;1-2-3/h2-4,8-9,11-13,23H,1,5-7,10H2,(H,25,29)(H,26,30)(H,27,31);3H,1H3. The quantitative estimate of drug-likeness (QED) is 0.241. The van der Waals surface area contributed by atoms with Gasteiger partial charge in [-0.25, -0.2) is 27.2 Å². The SMILES string of the molecule is C=CC(=O)NC1CCCC1NC(=O)c1sc2nccc3c2c1NC(=O)N3C1=CC=CCN1.C[B]S. The van der Waals surface area contributed by atoms with Crippen LogP contribution in [0.15, 0.2) is 49.0 Å². The first kappa shape index (κ1) is 24.9. The number of carbonyl (C=O) groups excluding carboxylic acids is 3. The number of nitrogens with zero attached hydrogens (tertiary/aromatic N) is 2. The van der Waals surface area contributed by atoms with Crippen molar-refractivity contribution in [2.75, 3.05) is 16.8 Å². The van der Waals surface area contributed by atoms with Crippen molar-refractivity contribution in [3.8, 4) is 0 Å². The van der Waals surface area contributed by atoms with E-state index in [4.69, 9.17) is 0 Å². The Hall–Kier alpha value is -3.25. The number of pyridine rings is 1. The average Bonchev–Trinajstić information content (AvgIpc) is 3.45. The van der Waals surface area contributed by atoms with Crippen LogP contribution in [-0.4, -0.2) is 48.0 Å². The van der Waals surface area contributed by atoms with Crippen LogP contribution >= 0.6 is 23.8 Å². The zero-order chi connectivity index (χ0) is 24.9. The van der Waals surface area contributed by atoms with E-state index in [-0.39, 0.29) is 29.9 Å². The maximum atomic E-state index is 13.2. The largest absolute Gasteiger partial charge is 0.368 e. The molecule has 1 fully saturated rings. The Bertz CT molecular complexity index is 1230. The molecule has 4 N–H and O–H groups in total. The number of rotatable bonds is 5. The highest BCUT2D eigenvalue weighted by Crippen LogP contribution is 2.44. The number of hydrogen-bond donors (Lipinski definition) is 5. The highest BCUT2D eigenvalue weighted by atomic mass is 32.1. The molecule has 4 amide bonds. The van der Waals surface area contributed by atoms with Gasteiger partial charge in [0.15, 0.2) is 6.56 Å². The highest BCUT2D eigenvalue weighted by molar-refractivity contribution is 8.06. The zero-order valence-electron chi connectivity index (χ0n) is 19.2. The summed E-state index contributed by atoms with van der Waals surface area (Å²) < 4.78 is 0. The van der Waals surface area contributed by atoms with E-state index < -0.39 is 0 Å². The number of thiol groups is 1. The van der Waals surface area contributed by atoms with Gasteiger partial charge in [0.25, 0.3) is 5.91 Å². The number of dihydropyridines is 1. The molecule has 35 heavy (non-hydrogen) atoms. The topological polar surface area (TPSA) is 115 Å². The van der Waals surface area contributed by atoms with Crippen LogP contribution in [0.3, 0.4) is 0 Å². The zero-order valence-corrected chi connectivity index (χ0v) is 20.9. The Morgan fingerprint density at radius 2 is 2.09 bits per heavy atom. The minimum Gasteiger partial charge on any atom is -0.368 e. The number of hydrogen-bond acceptors (Lipinski definition) is 7. The van der Waals surface area contributed by atoms with Crippen LogP contribution in [0.4, 0.5) is 16.2 Å². The number of amides is 4. The molecule has 0 bridgehead atoms. The minimum absolute atomic E-state index is 0.147. The number of carbonyl (C=O) groups is 3. The molecule has 2 aliphatic heterocycles. The third-order valence-corrected chi connectivity index (χ3v) is 6.93. The predicted octanol–water partition coefficient (Wildman–Crippen LogP) is 3.19. The van der Waals surface area contributed by atoms with Crippen LogP contribution in [0.1, 0.15) is 28.9 Å². The van der Waals surface area contributed by atoms with Crippen LogP contribution in [0.25, 0.3) is 10.2 Å². The van der Waals surface area contributed by atoms with Crippen molar-refractivity contribution in [2.45, 2.75) is 38.2 Å². The van der Waals surface area contributed by atoms with Crippen LogP contribution < -0.4 is 26.2 Å². The van der Waals surface area contributed by atoms with Gasteiger partial charge in [0.2, 0.25) is 5.91 Å². The first-order valence-electron chi connectivity index (χ1n) is 11.3. The Morgan fingerprint density at radius 1 is 1.34 bits per heavy atom. The average molecular weight is 509 g/mol. The molecule has 1 saturated carbocycles. The Labute approximate surface area is 213 Å². The lowest BCUT2D eigenvalue weighted by atomic mass is 10.1. The van der Waals surface area contributed by atoms with Crippen molar-refractivity contribution in [1.82, 2.24) is 20.9 Å². The smallest absolute Gasteiger partial charge is 0.332 e. The van der Waals surface area contributed by atoms with E-state index in [1.54, 1.807) is 23.7 Å². The van der Waals surface area contributed by atoms with Crippen LogP contribution in [0, 0.1) is 0 Å². The number of allylic oxidation sites excluding steroid dienone is 2. The van der Waals surface area contributed by atoms with Gasteiger partial charge < -0.3 is 21.3 Å². The summed E-state index contributed by atoms with van der Waals surface area (Å²) in [5.74, 6) is 0.118. The fourth-order valence-corrected chi connectivity index (χ4v) is 5.39. The third-order valence-electron chi connectivity index (χ3n) is 5.83. The molecule has 0 spiro atoms. The Balaban J connectivity index is 0.000000917. The monoisotopic (exact) mass is 509 g/mol. The van der Waals surface area contributed by atoms with E-state index in [1.807, 2.05) is 25.1 Å². The Kier molecular flexibility index (Phi) is 7.81. The van der Waals surface area contributed by atoms with Crippen LogP contribution in [-0.2, 0) is 4.79 Å². The fourth-order valence-electron chi connectivity index (χ4n) is 4.37. The van der Waals surface area contributed by atoms with Gasteiger partial charge >= 0.3 is 6.03 Å². The maximum absolute atomic E-state index is 13.2. The number of thiophene rings is 1. The van der Waals surface area contributed by atoms with Gasteiger partial charge in [-0.2, -0.15) is 0 Å². The lowest BCUT2D eigenvalue weighted by Crippen LogP contribution is -2.48. The van der Waals surface area contributed by atoms with Crippen molar-refractivity contribution >= 4 is 69.8 Å². The molecule has 12 heteroatoms. The number of nitrogens with one attached hydrogen (secondary N) is 4. The van der Waals surface area contributed by atoms with E-state index in [2.05, 4.69) is 45.3 Å². The molecular formula is C23H26BN6O3S2. The molecule has 181 valence electrons. The van der Waals surface area contributed by atoms with Gasteiger partial charge in [-0.1, -0.05) is 25.6 Å². The van der Waals surface area contributed by atoms with Crippen LogP contribution in [0.5, 0.6) is 0 Å². The van der Waals surface area contributed by atoms with E-state index >= 15 is 0 Å². The molecule has 9 nitrogen and oxygen atoms in total. The fraction of sp³-hybridized carbons (Fsp3) is 0.304. The predicted molar refractivity (Wildman–Crippen MR) is 144 cm³/mol. The van der Waals surface area contributed by atoms with E-state index in [0.717, 1.165) is 24.6 Å². The number of aromatic nitrogens is 1. The van der Waals surface area contributed by atoms with E-state index in [1.165, 1.54) is 17.4 Å². The molecule has 0 saturated heterocycles. The number of anilines is 2. The lowest BCUT2D eigenvalue weighted by molar-refractivity contribution is -0.117. The lowest BCUT2D eigenvalue weighted by Gasteiger charge is -2.31. The van der Waals surface area contributed by atoms with E-state index in [9.17, 15) is 14.4 Å². The summed E-state index contributed by atoms with van der Waals surface area (Å²) in [6, 6.07) is 1.10. The van der Waals surface area contributed by atoms with Gasteiger partial charge in [0.05, 0.1) is 16.8 Å². The van der Waals surface area contributed by atoms with Gasteiger partial charge in [-0.3, -0.25) is 9.59 Å². The molecule has 5 rings (SSSR count). The van der Waals surface area contributed by atoms with Crippen molar-refractivity contribution in [3.05, 3.63) is 53.8 Å². The Morgan fingerprint density at radius 3 is 2.77 bits per heavy atom. The second-order valence-corrected chi connectivity index (χ2v) is 9.55. The molecule has 2 aromatic rings. The molecular weight excluding hydrogens is 483 g/mol. The molecule has 0 aromatic carbocycles. The summed E-state index contributed by atoms with van der Waals surface area (Å²) in [5.41, 5.74) is 1.15. The van der Waals surface area contributed by atoms with Crippen molar-refractivity contribution in [1.29, 1.82) is 0 Å². The minimum atomic E-state index is -0.344. The van der Waals surface area contributed by atoms with Crippen LogP contribution in [0.2, 0.25) is 6.82 Å². The summed E-state index contributed by atoms with van der Waals surface area (Å²) in [4.78, 5) is 45.0. The first-order chi connectivity index (χ1) is 17.0. The third kappa shape index (κ3) is 5.08. The van der Waals surface area contributed by atoms with Crippen molar-refractivity contribution in [2.24, 2.45) is 0 Å². The van der Waals surface area contributed by atoms with Gasteiger partial charge in [-0.15, -0.1) is 11.3 Å². The molecule has 4 heterocycles. The second kappa shape index (κ2) is 11.0. The molecule has 1 radical (unpaired) electrons. The second-order valence-electron chi connectivity index (χ2n) is 8.03. The van der Waals surface area contributed by atoms with Gasteiger partial charge in [-0.05, 0) is 37.5 Å².